The van der Waals surface area contributed by atoms with Crippen LogP contribution in [0.4, 0.5) is 9.52 Å². The van der Waals surface area contributed by atoms with Gasteiger partial charge < -0.3 is 10.2 Å². The summed E-state index contributed by atoms with van der Waals surface area (Å²) in [4.78, 5) is 23.5. The summed E-state index contributed by atoms with van der Waals surface area (Å²) in [5.41, 5.74) is 3.06. The molecule has 1 N–H and O–H groups in total. The van der Waals surface area contributed by atoms with Crippen LogP contribution in [0.1, 0.15) is 28.9 Å². The summed E-state index contributed by atoms with van der Waals surface area (Å²) in [6.07, 6.45) is 4.94. The first kappa shape index (κ1) is 19.6. The van der Waals surface area contributed by atoms with E-state index in [2.05, 4.69) is 20.3 Å². The second-order valence-electron chi connectivity index (χ2n) is 7.60. The zero-order chi connectivity index (χ0) is 21.4. The fraction of sp³-hybridized carbons (Fsp3) is 0.273. The van der Waals surface area contributed by atoms with Gasteiger partial charge in [0.2, 0.25) is 0 Å². The number of carbonyl (C=O) groups is 1. The number of aryl methyl sites for hydroxylation is 1. The molecule has 0 bridgehead atoms. The van der Waals surface area contributed by atoms with Crippen LogP contribution < -0.4 is 10.2 Å². The first-order valence-corrected chi connectivity index (χ1v) is 11.0. The quantitative estimate of drug-likeness (QED) is 0.528. The standard InChI is InChI=1S/C22H21FN6OS/c1-14-19-20(29(27-14)18-6-4-16(23)5-7-18)26-22(31-19)28-11-8-17(9-12-28)25-21(30)15-3-2-10-24-13-15/h2-7,10,13,17H,8-9,11-12H2,1H3,(H,25,30). The molecular weight excluding hydrogens is 415 g/mol. The van der Waals surface area contributed by atoms with Crippen LogP contribution in [0.25, 0.3) is 16.0 Å². The van der Waals surface area contributed by atoms with Crippen molar-refractivity contribution in [2.24, 2.45) is 0 Å². The molecule has 0 radical (unpaired) electrons. The monoisotopic (exact) mass is 436 g/mol. The molecule has 31 heavy (non-hydrogen) atoms. The van der Waals surface area contributed by atoms with Gasteiger partial charge in [-0.25, -0.2) is 9.07 Å². The fourth-order valence-corrected chi connectivity index (χ4v) is 4.84. The van der Waals surface area contributed by atoms with Crippen molar-refractivity contribution in [3.8, 4) is 5.69 Å². The molecule has 1 aliphatic heterocycles. The van der Waals surface area contributed by atoms with Crippen molar-refractivity contribution < 1.29 is 9.18 Å². The van der Waals surface area contributed by atoms with Gasteiger partial charge in [0.15, 0.2) is 10.8 Å². The Morgan fingerprint density at radius 1 is 1.19 bits per heavy atom. The van der Waals surface area contributed by atoms with Crippen molar-refractivity contribution in [3.05, 3.63) is 65.9 Å². The molecule has 0 unspecified atom stereocenters. The zero-order valence-electron chi connectivity index (χ0n) is 17.0. The van der Waals surface area contributed by atoms with E-state index in [1.165, 1.54) is 12.1 Å². The third-order valence-corrected chi connectivity index (χ3v) is 6.69. The van der Waals surface area contributed by atoms with Gasteiger partial charge >= 0.3 is 0 Å². The molecule has 1 aromatic carbocycles. The van der Waals surface area contributed by atoms with Crippen molar-refractivity contribution in [3.63, 3.8) is 0 Å². The van der Waals surface area contributed by atoms with E-state index in [1.54, 1.807) is 52.7 Å². The van der Waals surface area contributed by atoms with Crippen LogP contribution in [0.3, 0.4) is 0 Å². The zero-order valence-corrected chi connectivity index (χ0v) is 17.8. The topological polar surface area (TPSA) is 75.9 Å². The van der Waals surface area contributed by atoms with Crippen molar-refractivity contribution >= 4 is 32.7 Å². The van der Waals surface area contributed by atoms with Crippen molar-refractivity contribution in [2.75, 3.05) is 18.0 Å². The second kappa shape index (κ2) is 8.07. The molecule has 1 aliphatic rings. The normalized spacial score (nSPS) is 14.8. The van der Waals surface area contributed by atoms with Gasteiger partial charge in [0, 0.05) is 31.5 Å². The maximum Gasteiger partial charge on any atom is 0.253 e. The molecule has 1 fully saturated rings. The highest BCUT2D eigenvalue weighted by atomic mass is 32.1. The second-order valence-corrected chi connectivity index (χ2v) is 8.58. The molecule has 3 aromatic heterocycles. The number of halogens is 1. The molecule has 0 spiro atoms. The van der Waals surface area contributed by atoms with Crippen LogP contribution in [-0.2, 0) is 0 Å². The smallest absolute Gasteiger partial charge is 0.253 e. The number of benzene rings is 1. The average Bonchev–Trinajstić information content (AvgIpc) is 3.36. The van der Waals surface area contributed by atoms with Gasteiger partial charge in [-0.1, -0.05) is 11.3 Å². The Morgan fingerprint density at radius 2 is 1.97 bits per heavy atom. The first-order valence-electron chi connectivity index (χ1n) is 10.2. The fourth-order valence-electron chi connectivity index (χ4n) is 3.80. The summed E-state index contributed by atoms with van der Waals surface area (Å²) in [7, 11) is 0. The Balaban J connectivity index is 1.29. The summed E-state index contributed by atoms with van der Waals surface area (Å²) in [6, 6.07) is 9.93. The summed E-state index contributed by atoms with van der Waals surface area (Å²) >= 11 is 1.62. The minimum atomic E-state index is -0.277. The van der Waals surface area contributed by atoms with E-state index in [0.29, 0.717) is 5.56 Å². The predicted octanol–water partition coefficient (Wildman–Crippen LogP) is 3.72. The number of nitrogens with zero attached hydrogens (tertiary/aromatic N) is 5. The average molecular weight is 437 g/mol. The highest BCUT2D eigenvalue weighted by Gasteiger charge is 2.25. The van der Waals surface area contributed by atoms with Gasteiger partial charge in [0.25, 0.3) is 5.91 Å². The number of nitrogens with one attached hydrogen (secondary N) is 1. The van der Waals surface area contributed by atoms with Crippen LogP contribution >= 0.6 is 11.3 Å². The summed E-state index contributed by atoms with van der Waals surface area (Å²) < 4.78 is 16.1. The van der Waals surface area contributed by atoms with Gasteiger partial charge in [-0.15, -0.1) is 0 Å². The van der Waals surface area contributed by atoms with Crippen LogP contribution in [0.2, 0.25) is 0 Å². The maximum atomic E-state index is 13.3. The van der Waals surface area contributed by atoms with Crippen LogP contribution in [-0.4, -0.2) is 44.8 Å². The number of aromatic nitrogens is 4. The highest BCUT2D eigenvalue weighted by Crippen LogP contribution is 2.33. The molecule has 0 saturated carbocycles. The van der Waals surface area contributed by atoms with Gasteiger partial charge in [0.1, 0.15) is 5.82 Å². The lowest BCUT2D eigenvalue weighted by atomic mass is 10.1. The van der Waals surface area contributed by atoms with E-state index in [1.807, 2.05) is 6.92 Å². The summed E-state index contributed by atoms with van der Waals surface area (Å²) in [5, 5.41) is 8.63. The molecule has 1 amide bonds. The Morgan fingerprint density at radius 3 is 2.68 bits per heavy atom. The van der Waals surface area contributed by atoms with Crippen molar-refractivity contribution in [2.45, 2.75) is 25.8 Å². The van der Waals surface area contributed by atoms with Crippen LogP contribution in [0, 0.1) is 12.7 Å². The molecule has 1 saturated heterocycles. The van der Waals surface area contributed by atoms with Gasteiger partial charge in [-0.05, 0) is 56.2 Å². The van der Waals surface area contributed by atoms with E-state index >= 15 is 0 Å². The molecule has 0 aliphatic carbocycles. The third-order valence-electron chi connectivity index (χ3n) is 5.47. The number of hydrogen-bond acceptors (Lipinski definition) is 6. The third kappa shape index (κ3) is 3.88. The lowest BCUT2D eigenvalue weighted by Crippen LogP contribution is -2.44. The lowest BCUT2D eigenvalue weighted by molar-refractivity contribution is 0.0930. The molecule has 158 valence electrons. The van der Waals surface area contributed by atoms with Crippen LogP contribution in [0.5, 0.6) is 0 Å². The summed E-state index contributed by atoms with van der Waals surface area (Å²) in [6.45, 7) is 3.60. The SMILES string of the molecule is Cc1nn(-c2ccc(F)cc2)c2nc(N3CCC(NC(=O)c4cccnc4)CC3)sc12. The Hall–Kier alpha value is -3.33. The van der Waals surface area contributed by atoms with E-state index in [0.717, 1.165) is 52.8 Å². The number of pyridine rings is 1. The number of amides is 1. The molecular formula is C22H21FN6OS. The number of carbonyl (C=O) groups excluding carboxylic acids is 1. The largest absolute Gasteiger partial charge is 0.349 e. The van der Waals surface area contributed by atoms with Gasteiger partial charge in [-0.2, -0.15) is 10.1 Å². The minimum absolute atomic E-state index is 0.0819. The van der Waals surface area contributed by atoms with Crippen molar-refractivity contribution in [1.29, 1.82) is 0 Å². The summed E-state index contributed by atoms with van der Waals surface area (Å²) in [5.74, 6) is -0.358. The van der Waals surface area contributed by atoms with E-state index in [4.69, 9.17) is 4.98 Å². The predicted molar refractivity (Wildman–Crippen MR) is 118 cm³/mol. The molecule has 4 aromatic rings. The van der Waals surface area contributed by atoms with E-state index in [9.17, 15) is 9.18 Å². The lowest BCUT2D eigenvalue weighted by Gasteiger charge is -2.32. The Bertz CT molecular complexity index is 1210. The number of rotatable bonds is 4. The maximum absolute atomic E-state index is 13.3. The number of fused-ring (bicyclic) bond motifs is 1. The first-order chi connectivity index (χ1) is 15.1. The van der Waals surface area contributed by atoms with Gasteiger partial charge in [-0.3, -0.25) is 9.78 Å². The molecule has 7 nitrogen and oxygen atoms in total. The van der Waals surface area contributed by atoms with E-state index in [-0.39, 0.29) is 17.8 Å². The molecule has 4 heterocycles. The van der Waals surface area contributed by atoms with Crippen molar-refractivity contribution in [1.82, 2.24) is 25.1 Å². The van der Waals surface area contributed by atoms with Crippen LogP contribution in [0.15, 0.2) is 48.8 Å². The molecule has 5 rings (SSSR count). The minimum Gasteiger partial charge on any atom is -0.349 e. The Kier molecular flexibility index (Phi) is 5.11. The number of thiazole rings is 1. The van der Waals surface area contributed by atoms with Gasteiger partial charge in [0.05, 0.1) is 21.6 Å². The van der Waals surface area contributed by atoms with E-state index < -0.39 is 0 Å². The number of hydrogen-bond donors (Lipinski definition) is 1. The molecule has 0 atom stereocenters. The number of anilines is 1. The highest BCUT2D eigenvalue weighted by molar-refractivity contribution is 7.22. The Labute approximate surface area is 182 Å². The number of piperidine rings is 1. The molecule has 9 heteroatoms.